The Kier molecular flexibility index (Phi) is 5.84. The summed E-state index contributed by atoms with van der Waals surface area (Å²) in [4.78, 5) is 14.4. The summed E-state index contributed by atoms with van der Waals surface area (Å²) < 4.78 is 33.1. The number of benzene rings is 1. The number of carbonyl (C=O) groups is 1. The molecule has 0 spiro atoms. The van der Waals surface area contributed by atoms with Crippen molar-refractivity contribution in [2.24, 2.45) is 0 Å². The molecule has 7 nitrogen and oxygen atoms in total. The van der Waals surface area contributed by atoms with Gasteiger partial charge in [0.15, 0.2) is 0 Å². The smallest absolute Gasteiger partial charge is 0.281 e. The van der Waals surface area contributed by atoms with Crippen molar-refractivity contribution in [2.45, 2.75) is 31.8 Å². The first-order valence-electron chi connectivity index (χ1n) is 9.11. The Balaban J connectivity index is 1.59. The summed E-state index contributed by atoms with van der Waals surface area (Å²) in [7, 11) is -0.278. The van der Waals surface area contributed by atoms with Crippen LogP contribution in [0.3, 0.4) is 0 Å². The van der Waals surface area contributed by atoms with E-state index in [2.05, 4.69) is 0 Å². The lowest BCUT2D eigenvalue weighted by Gasteiger charge is -2.32. The molecule has 0 radical (unpaired) electrons. The summed E-state index contributed by atoms with van der Waals surface area (Å²) in [6, 6.07) is 7.30. The SMILES string of the molecule is CN(C)S(=O)(=O)N1CCC(Oc2cccc(C(=O)N3CCCC3)c2)CC1. The predicted molar refractivity (Wildman–Crippen MR) is 99.4 cm³/mol. The summed E-state index contributed by atoms with van der Waals surface area (Å²) in [6.45, 7) is 2.53. The van der Waals surface area contributed by atoms with Gasteiger partial charge in [-0.1, -0.05) is 6.07 Å². The molecule has 2 saturated heterocycles. The first kappa shape index (κ1) is 19.1. The van der Waals surface area contributed by atoms with Gasteiger partial charge in [-0.3, -0.25) is 4.79 Å². The van der Waals surface area contributed by atoms with Crippen molar-refractivity contribution in [3.05, 3.63) is 29.8 Å². The molecule has 0 unspecified atom stereocenters. The van der Waals surface area contributed by atoms with Gasteiger partial charge in [-0.05, 0) is 43.9 Å². The molecule has 1 amide bonds. The number of hydrogen-bond acceptors (Lipinski definition) is 4. The summed E-state index contributed by atoms with van der Waals surface area (Å²) in [6.07, 6.45) is 3.36. The highest BCUT2D eigenvalue weighted by molar-refractivity contribution is 7.86. The zero-order valence-corrected chi connectivity index (χ0v) is 16.2. The van der Waals surface area contributed by atoms with Crippen molar-refractivity contribution in [1.82, 2.24) is 13.5 Å². The van der Waals surface area contributed by atoms with E-state index in [-0.39, 0.29) is 12.0 Å². The quantitative estimate of drug-likeness (QED) is 0.776. The molecular weight excluding hydrogens is 354 g/mol. The Bertz CT molecular complexity index is 737. The van der Waals surface area contributed by atoms with Gasteiger partial charge in [0.05, 0.1) is 0 Å². The molecule has 2 aliphatic rings. The van der Waals surface area contributed by atoms with Gasteiger partial charge < -0.3 is 9.64 Å². The highest BCUT2D eigenvalue weighted by Gasteiger charge is 2.30. The fourth-order valence-corrected chi connectivity index (χ4v) is 4.54. The Morgan fingerprint density at radius 1 is 1.12 bits per heavy atom. The first-order chi connectivity index (χ1) is 12.4. The molecule has 1 aromatic rings. The molecule has 144 valence electrons. The molecule has 1 aromatic carbocycles. The summed E-state index contributed by atoms with van der Waals surface area (Å²) in [5.74, 6) is 0.726. The van der Waals surface area contributed by atoms with Crippen LogP contribution in [-0.2, 0) is 10.2 Å². The van der Waals surface area contributed by atoms with Crippen molar-refractivity contribution >= 4 is 16.1 Å². The van der Waals surface area contributed by atoms with Crippen LogP contribution in [0, 0.1) is 0 Å². The van der Waals surface area contributed by atoms with Crippen molar-refractivity contribution in [2.75, 3.05) is 40.3 Å². The molecule has 2 aliphatic heterocycles. The van der Waals surface area contributed by atoms with Crippen molar-refractivity contribution in [3.8, 4) is 5.75 Å². The number of likely N-dealkylation sites (tertiary alicyclic amines) is 1. The Morgan fingerprint density at radius 3 is 2.38 bits per heavy atom. The minimum Gasteiger partial charge on any atom is -0.490 e. The van der Waals surface area contributed by atoms with E-state index in [0.717, 1.165) is 25.9 Å². The molecule has 0 saturated carbocycles. The van der Waals surface area contributed by atoms with E-state index in [9.17, 15) is 13.2 Å². The summed E-state index contributed by atoms with van der Waals surface area (Å²) >= 11 is 0. The maximum atomic E-state index is 12.5. The molecule has 3 rings (SSSR count). The van der Waals surface area contributed by atoms with Crippen molar-refractivity contribution < 1.29 is 17.9 Å². The second kappa shape index (κ2) is 7.94. The monoisotopic (exact) mass is 381 g/mol. The molecule has 0 aliphatic carbocycles. The number of ether oxygens (including phenoxy) is 1. The highest BCUT2D eigenvalue weighted by atomic mass is 32.2. The summed E-state index contributed by atoms with van der Waals surface area (Å²) in [5.41, 5.74) is 0.650. The number of hydrogen-bond donors (Lipinski definition) is 0. The fourth-order valence-electron chi connectivity index (χ4n) is 3.41. The molecule has 2 fully saturated rings. The molecule has 26 heavy (non-hydrogen) atoms. The van der Waals surface area contributed by atoms with E-state index in [1.54, 1.807) is 20.2 Å². The van der Waals surface area contributed by atoms with Crippen LogP contribution in [0.5, 0.6) is 5.75 Å². The fraction of sp³-hybridized carbons (Fsp3) is 0.611. The van der Waals surface area contributed by atoms with E-state index in [1.807, 2.05) is 23.1 Å². The molecular formula is C18H27N3O4S. The average molecular weight is 381 g/mol. The predicted octanol–water partition coefficient (Wildman–Crippen LogP) is 1.57. The van der Waals surface area contributed by atoms with E-state index >= 15 is 0 Å². The van der Waals surface area contributed by atoms with Gasteiger partial charge in [0, 0.05) is 45.8 Å². The average Bonchev–Trinajstić information content (AvgIpc) is 3.16. The summed E-state index contributed by atoms with van der Waals surface area (Å²) in [5, 5.41) is 0. The minimum atomic E-state index is -3.36. The van der Waals surface area contributed by atoms with Gasteiger partial charge in [-0.25, -0.2) is 0 Å². The van der Waals surface area contributed by atoms with Crippen LogP contribution in [-0.4, -0.2) is 74.2 Å². The standard InChI is InChI=1S/C18H27N3O4S/c1-19(2)26(23,24)21-12-8-16(9-13-21)25-17-7-5-6-15(14-17)18(22)20-10-3-4-11-20/h5-7,14,16H,3-4,8-13H2,1-2H3. The molecule has 8 heteroatoms. The molecule has 2 heterocycles. The van der Waals surface area contributed by atoms with Gasteiger partial charge in [-0.15, -0.1) is 0 Å². The Morgan fingerprint density at radius 2 is 1.77 bits per heavy atom. The normalized spacial score (nSPS) is 19.9. The minimum absolute atomic E-state index is 0.0410. The molecule has 0 atom stereocenters. The third kappa shape index (κ3) is 4.19. The number of piperidine rings is 1. The lowest BCUT2D eigenvalue weighted by atomic mass is 10.1. The van der Waals surface area contributed by atoms with E-state index in [4.69, 9.17) is 4.74 Å². The maximum Gasteiger partial charge on any atom is 0.281 e. The molecule has 0 aromatic heterocycles. The largest absolute Gasteiger partial charge is 0.490 e. The highest BCUT2D eigenvalue weighted by Crippen LogP contribution is 2.23. The van der Waals surface area contributed by atoms with Crippen molar-refractivity contribution in [1.29, 1.82) is 0 Å². The van der Waals surface area contributed by atoms with Gasteiger partial charge >= 0.3 is 0 Å². The number of rotatable bonds is 5. The zero-order chi connectivity index (χ0) is 18.7. The van der Waals surface area contributed by atoms with E-state index < -0.39 is 10.2 Å². The van der Waals surface area contributed by atoms with Crippen LogP contribution in [0.2, 0.25) is 0 Å². The number of amides is 1. The third-order valence-corrected chi connectivity index (χ3v) is 6.91. The van der Waals surface area contributed by atoms with E-state index in [0.29, 0.717) is 37.2 Å². The Labute approximate surface area is 155 Å². The van der Waals surface area contributed by atoms with Gasteiger partial charge in [-0.2, -0.15) is 17.0 Å². The Hall–Kier alpha value is -1.64. The van der Waals surface area contributed by atoms with Crippen LogP contribution >= 0.6 is 0 Å². The van der Waals surface area contributed by atoms with Gasteiger partial charge in [0.25, 0.3) is 16.1 Å². The van der Waals surface area contributed by atoms with Gasteiger partial charge in [0.2, 0.25) is 0 Å². The van der Waals surface area contributed by atoms with Crippen LogP contribution in [0.15, 0.2) is 24.3 Å². The molecule has 0 bridgehead atoms. The third-order valence-electron chi connectivity index (χ3n) is 4.97. The lowest BCUT2D eigenvalue weighted by molar-refractivity contribution is 0.0791. The molecule has 0 N–H and O–H groups in total. The topological polar surface area (TPSA) is 70.2 Å². The van der Waals surface area contributed by atoms with Crippen LogP contribution in [0.1, 0.15) is 36.0 Å². The second-order valence-corrected chi connectivity index (χ2v) is 9.18. The number of carbonyl (C=O) groups excluding carboxylic acids is 1. The van der Waals surface area contributed by atoms with Gasteiger partial charge in [0.1, 0.15) is 11.9 Å². The van der Waals surface area contributed by atoms with Crippen LogP contribution in [0.4, 0.5) is 0 Å². The zero-order valence-electron chi connectivity index (χ0n) is 15.4. The second-order valence-electron chi connectivity index (χ2n) is 7.03. The van der Waals surface area contributed by atoms with Crippen LogP contribution in [0.25, 0.3) is 0 Å². The lowest BCUT2D eigenvalue weighted by Crippen LogP contribution is -2.46. The first-order valence-corrected chi connectivity index (χ1v) is 10.5. The van der Waals surface area contributed by atoms with Crippen molar-refractivity contribution in [3.63, 3.8) is 0 Å². The van der Waals surface area contributed by atoms with Crippen LogP contribution < -0.4 is 4.74 Å². The maximum absolute atomic E-state index is 12.5. The van der Waals surface area contributed by atoms with E-state index in [1.165, 1.54) is 8.61 Å². The number of nitrogens with zero attached hydrogens (tertiary/aromatic N) is 3.